The summed E-state index contributed by atoms with van der Waals surface area (Å²) in [4.78, 5) is 10.1. The number of nitro groups is 1. The number of benzene rings is 2. The molecule has 1 N–H and O–H groups in total. The summed E-state index contributed by atoms with van der Waals surface area (Å²) in [6.07, 6.45) is 0. The van der Waals surface area contributed by atoms with E-state index in [1.807, 2.05) is 6.92 Å². The van der Waals surface area contributed by atoms with Crippen LogP contribution in [-0.2, 0) is 10.0 Å². The molecule has 0 aliphatic carbocycles. The van der Waals surface area contributed by atoms with Crippen LogP contribution in [0.3, 0.4) is 0 Å². The van der Waals surface area contributed by atoms with Crippen molar-refractivity contribution in [1.29, 1.82) is 0 Å². The van der Waals surface area contributed by atoms with Crippen molar-refractivity contribution in [1.82, 2.24) is 0 Å². The smallest absolute Gasteiger partial charge is 0.269 e. The van der Waals surface area contributed by atoms with E-state index < -0.39 is 14.9 Å². The van der Waals surface area contributed by atoms with Crippen molar-refractivity contribution in [3.8, 4) is 0 Å². The summed E-state index contributed by atoms with van der Waals surface area (Å²) in [5.41, 5.74) is 1.14. The van der Waals surface area contributed by atoms with Crippen molar-refractivity contribution in [2.75, 3.05) is 4.72 Å². The summed E-state index contributed by atoms with van der Waals surface area (Å²) in [7, 11) is -3.68. The minimum atomic E-state index is -3.68. The van der Waals surface area contributed by atoms with Gasteiger partial charge in [0.2, 0.25) is 0 Å². The van der Waals surface area contributed by atoms with Crippen LogP contribution in [0.4, 0.5) is 11.4 Å². The number of nitrogens with one attached hydrogen (secondary N) is 1. The van der Waals surface area contributed by atoms with Crippen LogP contribution < -0.4 is 9.43 Å². The second-order valence-electron chi connectivity index (χ2n) is 4.22. The van der Waals surface area contributed by atoms with Crippen molar-refractivity contribution in [2.24, 2.45) is 0 Å². The lowest BCUT2D eigenvalue weighted by atomic mass is 10.2. The third kappa shape index (κ3) is 3.99. The van der Waals surface area contributed by atoms with Crippen LogP contribution in [-0.4, -0.2) is 13.3 Å². The molecule has 112 valence electrons. The van der Waals surface area contributed by atoms with Gasteiger partial charge in [0, 0.05) is 17.8 Å². The van der Waals surface area contributed by atoms with Gasteiger partial charge in [-0.3, -0.25) is 14.8 Å². The quantitative estimate of drug-likeness (QED) is 0.620. The van der Waals surface area contributed by atoms with Gasteiger partial charge in [0.1, 0.15) is 0 Å². The molecule has 2 aromatic rings. The van der Waals surface area contributed by atoms with Crippen LogP contribution in [0.25, 0.3) is 0 Å². The van der Waals surface area contributed by atoms with E-state index in [-0.39, 0.29) is 21.0 Å². The molecule has 0 bridgehead atoms. The summed E-state index contributed by atoms with van der Waals surface area (Å²) in [6.45, 7) is 1.86. The van der Waals surface area contributed by atoms with Crippen molar-refractivity contribution < 1.29 is 18.0 Å². The summed E-state index contributed by atoms with van der Waals surface area (Å²) < 4.78 is 26.5. The van der Waals surface area contributed by atoms with E-state index in [0.29, 0.717) is 0 Å². The normalized spacial score (nSPS) is 10.5. The second kappa shape index (κ2) is 6.31. The molecule has 0 spiro atoms. The van der Waals surface area contributed by atoms with Crippen LogP contribution in [0.15, 0.2) is 53.4 Å². The number of aryl methyl sites for hydroxylation is 1. The highest BCUT2D eigenvalue weighted by atomic mass is 32.2. The molecule has 0 radical (unpaired) electrons. The molecule has 0 unspecified atom stereocenters. The highest BCUT2D eigenvalue weighted by Crippen LogP contribution is 2.19. The minimum absolute atomic E-state index is 0. The number of rotatable bonds is 4. The van der Waals surface area contributed by atoms with Crippen LogP contribution >= 0.6 is 0 Å². The molecule has 0 amide bonds. The maximum Gasteiger partial charge on any atom is 0.269 e. The number of anilines is 1. The third-order valence-corrected chi connectivity index (χ3v) is 4.06. The Morgan fingerprint density at radius 2 is 1.52 bits per heavy atom. The zero-order valence-electron chi connectivity index (χ0n) is 11.0. The molecule has 2 rings (SSSR count). The maximum atomic E-state index is 12.1. The summed E-state index contributed by atoms with van der Waals surface area (Å²) in [5, 5.41) is 10.5. The minimum Gasteiger partial charge on any atom is -1.00 e. The van der Waals surface area contributed by atoms with E-state index in [2.05, 4.69) is 4.72 Å². The second-order valence-corrected chi connectivity index (χ2v) is 5.90. The van der Waals surface area contributed by atoms with E-state index >= 15 is 0 Å². The van der Waals surface area contributed by atoms with E-state index in [9.17, 15) is 18.5 Å². The summed E-state index contributed by atoms with van der Waals surface area (Å²) >= 11 is 0. The monoisotopic (exact) mass is 311 g/mol. The Bertz CT molecular complexity index is 728. The summed E-state index contributed by atoms with van der Waals surface area (Å²) in [6, 6.07) is 11.6. The van der Waals surface area contributed by atoms with Crippen molar-refractivity contribution in [3.05, 3.63) is 64.2 Å². The first-order valence-corrected chi connectivity index (χ1v) is 7.21. The molecule has 8 heteroatoms. The molecule has 0 atom stereocenters. The van der Waals surface area contributed by atoms with Crippen molar-refractivity contribution >= 4 is 21.4 Å². The van der Waals surface area contributed by atoms with Gasteiger partial charge < -0.3 is 4.70 Å². The lowest BCUT2D eigenvalue weighted by Gasteiger charge is -2.08. The van der Waals surface area contributed by atoms with E-state index in [1.54, 1.807) is 12.1 Å². The fourth-order valence-corrected chi connectivity index (χ4v) is 2.64. The molecule has 0 saturated heterocycles. The lowest BCUT2D eigenvalue weighted by Crippen LogP contribution is -3.00. The number of halogens is 1. The molecule has 0 heterocycles. The van der Waals surface area contributed by atoms with Gasteiger partial charge in [-0.25, -0.2) is 8.42 Å². The van der Waals surface area contributed by atoms with E-state index in [1.165, 1.54) is 36.4 Å². The number of nitrogens with zero attached hydrogens (tertiary/aromatic N) is 1. The zero-order valence-corrected chi connectivity index (χ0v) is 11.8. The largest absolute Gasteiger partial charge is 1.00 e. The van der Waals surface area contributed by atoms with Gasteiger partial charge in [-0.05, 0) is 31.2 Å². The Kier molecular flexibility index (Phi) is 4.98. The highest BCUT2D eigenvalue weighted by molar-refractivity contribution is 7.92. The standard InChI is InChI=1S/C13H12N2O4S.FH/c1-10-2-8-13(9-3-10)20(18,19)14-11-4-6-12(7-5-11)15(16)17;/h2-9,14H,1H3;1H/p-1. The molecule has 0 aromatic heterocycles. The fraction of sp³-hybridized carbons (Fsp3) is 0.0769. The Labute approximate surface area is 121 Å². The molecular weight excluding hydrogens is 299 g/mol. The topological polar surface area (TPSA) is 89.3 Å². The number of hydrogen-bond acceptors (Lipinski definition) is 4. The number of sulfonamides is 1. The molecule has 0 aliphatic rings. The first kappa shape index (κ1) is 16.6. The SMILES string of the molecule is Cc1ccc(S(=O)(=O)Nc2ccc([N+](=O)[O-])cc2)cc1.[F-]. The molecule has 0 saturated carbocycles. The lowest BCUT2D eigenvalue weighted by molar-refractivity contribution is -0.384. The average Bonchev–Trinajstić information content (AvgIpc) is 2.39. The molecule has 6 nitrogen and oxygen atoms in total. The van der Waals surface area contributed by atoms with E-state index in [0.717, 1.165) is 5.56 Å². The summed E-state index contributed by atoms with van der Waals surface area (Å²) in [5.74, 6) is 0. The Morgan fingerprint density at radius 3 is 2.00 bits per heavy atom. The average molecular weight is 311 g/mol. The van der Waals surface area contributed by atoms with Gasteiger partial charge in [0.25, 0.3) is 15.7 Å². The third-order valence-electron chi connectivity index (χ3n) is 2.66. The van der Waals surface area contributed by atoms with Crippen molar-refractivity contribution in [3.63, 3.8) is 0 Å². The number of hydrogen-bond donors (Lipinski definition) is 1. The first-order valence-electron chi connectivity index (χ1n) is 5.72. The predicted octanol–water partition coefficient (Wildman–Crippen LogP) is -0.292. The van der Waals surface area contributed by atoms with E-state index in [4.69, 9.17) is 0 Å². The van der Waals surface area contributed by atoms with Gasteiger partial charge in [-0.1, -0.05) is 17.7 Å². The Hall–Kier alpha value is -2.48. The van der Waals surface area contributed by atoms with Crippen LogP contribution in [0.2, 0.25) is 0 Å². The van der Waals surface area contributed by atoms with Crippen molar-refractivity contribution in [2.45, 2.75) is 11.8 Å². The van der Waals surface area contributed by atoms with Crippen LogP contribution in [0.1, 0.15) is 5.56 Å². The molecule has 2 aromatic carbocycles. The zero-order chi connectivity index (χ0) is 14.8. The molecular formula is C13H12FN2O4S-. The van der Waals surface area contributed by atoms with Gasteiger partial charge >= 0.3 is 0 Å². The van der Waals surface area contributed by atoms with Gasteiger partial charge in [-0.2, -0.15) is 0 Å². The fourth-order valence-electron chi connectivity index (χ4n) is 1.58. The highest BCUT2D eigenvalue weighted by Gasteiger charge is 2.14. The Morgan fingerprint density at radius 1 is 1.00 bits per heavy atom. The number of nitro benzene ring substituents is 1. The maximum absolute atomic E-state index is 12.1. The molecule has 0 aliphatic heterocycles. The molecule has 21 heavy (non-hydrogen) atoms. The predicted molar refractivity (Wildman–Crippen MR) is 75.1 cm³/mol. The van der Waals surface area contributed by atoms with Crippen LogP contribution in [0, 0.1) is 17.0 Å². The van der Waals surface area contributed by atoms with Crippen LogP contribution in [0.5, 0.6) is 0 Å². The first-order chi connectivity index (χ1) is 9.38. The number of non-ortho nitro benzene ring substituents is 1. The van der Waals surface area contributed by atoms with Gasteiger partial charge in [0.05, 0.1) is 9.82 Å². The Balaban J connectivity index is 0.00000220. The van der Waals surface area contributed by atoms with Gasteiger partial charge in [0.15, 0.2) is 0 Å². The van der Waals surface area contributed by atoms with Gasteiger partial charge in [-0.15, -0.1) is 0 Å². The molecule has 0 fully saturated rings.